The molecule has 0 aromatic carbocycles. The summed E-state index contributed by atoms with van der Waals surface area (Å²) in [6, 6.07) is 0. The van der Waals surface area contributed by atoms with E-state index >= 15 is 0 Å². The lowest BCUT2D eigenvalue weighted by Gasteiger charge is -2.50. The molecule has 0 saturated heterocycles. The van der Waals surface area contributed by atoms with Crippen LogP contribution in [0.5, 0.6) is 0 Å². The molecular formula is C17H34O2. The van der Waals surface area contributed by atoms with E-state index in [2.05, 4.69) is 69.2 Å². The van der Waals surface area contributed by atoms with Crippen molar-refractivity contribution >= 4 is 5.97 Å². The molecule has 0 saturated carbocycles. The lowest BCUT2D eigenvalue weighted by molar-refractivity contribution is -0.159. The summed E-state index contributed by atoms with van der Waals surface area (Å²) in [6.07, 6.45) is 0.899. The number of carboxylic acid groups (broad SMARTS) is 1. The number of carboxylic acids is 1. The average molecular weight is 270 g/mol. The van der Waals surface area contributed by atoms with Gasteiger partial charge >= 0.3 is 5.97 Å². The molecular weight excluding hydrogens is 236 g/mol. The number of hydrogen-bond acceptors (Lipinski definition) is 1. The maximum atomic E-state index is 11.9. The van der Waals surface area contributed by atoms with Gasteiger partial charge in [-0.1, -0.05) is 69.2 Å². The predicted octanol–water partition coefficient (Wildman–Crippen LogP) is 5.22. The van der Waals surface area contributed by atoms with Crippen molar-refractivity contribution in [3.63, 3.8) is 0 Å². The van der Waals surface area contributed by atoms with E-state index < -0.39 is 5.97 Å². The van der Waals surface area contributed by atoms with Crippen molar-refractivity contribution in [3.8, 4) is 0 Å². The minimum absolute atomic E-state index is 0.0504. The molecule has 0 aliphatic heterocycles. The van der Waals surface area contributed by atoms with Gasteiger partial charge in [0.1, 0.15) is 0 Å². The largest absolute Gasteiger partial charge is 0.481 e. The first-order valence-corrected chi connectivity index (χ1v) is 7.25. The van der Waals surface area contributed by atoms with Crippen molar-refractivity contribution in [2.45, 2.75) is 75.7 Å². The van der Waals surface area contributed by atoms with Crippen molar-refractivity contribution in [2.24, 2.45) is 27.6 Å². The highest BCUT2D eigenvalue weighted by Gasteiger charge is 2.51. The average Bonchev–Trinajstić information content (AvgIpc) is 1.91. The zero-order valence-corrected chi connectivity index (χ0v) is 14.6. The van der Waals surface area contributed by atoms with Gasteiger partial charge in [0.25, 0.3) is 0 Å². The fraction of sp³-hybridized carbons (Fsp3) is 0.941. The summed E-state index contributed by atoms with van der Waals surface area (Å²) >= 11 is 0. The van der Waals surface area contributed by atoms with Crippen LogP contribution in [0.4, 0.5) is 0 Å². The predicted molar refractivity (Wildman–Crippen MR) is 82.2 cm³/mol. The van der Waals surface area contributed by atoms with Crippen LogP contribution in [0.25, 0.3) is 0 Å². The summed E-state index contributed by atoms with van der Waals surface area (Å²) in [6.45, 7) is 21.3. The molecule has 0 radical (unpaired) electrons. The van der Waals surface area contributed by atoms with Crippen molar-refractivity contribution in [1.29, 1.82) is 0 Å². The monoisotopic (exact) mass is 270 g/mol. The SMILES string of the molecule is CC(C)(C)CC(C)(C)C(C(=O)O)C(C)(C)C(C)(C)C. The highest BCUT2D eigenvalue weighted by Crippen LogP contribution is 2.53. The minimum atomic E-state index is -0.672. The Bertz CT molecular complexity index is 324. The molecule has 2 nitrogen and oxygen atoms in total. The third-order valence-corrected chi connectivity index (χ3v) is 4.67. The molecule has 2 heteroatoms. The van der Waals surface area contributed by atoms with Crippen LogP contribution in [0.3, 0.4) is 0 Å². The van der Waals surface area contributed by atoms with Crippen LogP contribution in [-0.2, 0) is 4.79 Å². The van der Waals surface area contributed by atoms with Crippen LogP contribution in [0, 0.1) is 27.6 Å². The molecule has 0 spiro atoms. The smallest absolute Gasteiger partial charge is 0.307 e. The van der Waals surface area contributed by atoms with Crippen LogP contribution in [-0.4, -0.2) is 11.1 Å². The van der Waals surface area contributed by atoms with Gasteiger partial charge in [-0.15, -0.1) is 0 Å². The van der Waals surface area contributed by atoms with Crippen molar-refractivity contribution in [1.82, 2.24) is 0 Å². The number of rotatable bonds is 4. The molecule has 0 aliphatic carbocycles. The van der Waals surface area contributed by atoms with Gasteiger partial charge in [0.2, 0.25) is 0 Å². The van der Waals surface area contributed by atoms with Gasteiger partial charge in [-0.25, -0.2) is 0 Å². The molecule has 0 rings (SSSR count). The Labute approximate surface area is 120 Å². The standard InChI is InChI=1S/C17H34O2/c1-14(2,3)11-16(7,8)12(13(18)19)17(9,10)15(4,5)6/h12H,11H2,1-10H3,(H,18,19). The van der Waals surface area contributed by atoms with Crippen LogP contribution in [0.1, 0.15) is 75.7 Å². The summed E-state index contributed by atoms with van der Waals surface area (Å²) in [7, 11) is 0. The molecule has 1 N–H and O–H groups in total. The zero-order chi connectivity index (χ0) is 15.9. The van der Waals surface area contributed by atoms with Crippen molar-refractivity contribution in [2.75, 3.05) is 0 Å². The van der Waals surface area contributed by atoms with Crippen LogP contribution in [0.2, 0.25) is 0 Å². The first-order valence-electron chi connectivity index (χ1n) is 7.25. The zero-order valence-electron chi connectivity index (χ0n) is 14.6. The van der Waals surface area contributed by atoms with E-state index in [4.69, 9.17) is 0 Å². The number of carbonyl (C=O) groups is 1. The molecule has 0 heterocycles. The summed E-state index contributed by atoms with van der Waals surface area (Å²) in [5, 5.41) is 9.80. The van der Waals surface area contributed by atoms with Crippen molar-refractivity contribution < 1.29 is 9.90 Å². The molecule has 0 aromatic heterocycles. The van der Waals surface area contributed by atoms with E-state index in [1.54, 1.807) is 0 Å². The van der Waals surface area contributed by atoms with Crippen LogP contribution >= 0.6 is 0 Å². The lowest BCUT2D eigenvalue weighted by Crippen LogP contribution is -2.49. The molecule has 0 fully saturated rings. The Morgan fingerprint density at radius 2 is 1.26 bits per heavy atom. The van der Waals surface area contributed by atoms with E-state index in [0.717, 1.165) is 6.42 Å². The fourth-order valence-corrected chi connectivity index (χ4v) is 3.52. The molecule has 0 aliphatic rings. The Morgan fingerprint density at radius 1 is 0.895 bits per heavy atom. The Balaban J connectivity index is 5.64. The van der Waals surface area contributed by atoms with Crippen LogP contribution < -0.4 is 0 Å². The van der Waals surface area contributed by atoms with Gasteiger partial charge in [-0.05, 0) is 28.1 Å². The quantitative estimate of drug-likeness (QED) is 0.760. The van der Waals surface area contributed by atoms with Gasteiger partial charge < -0.3 is 5.11 Å². The molecule has 114 valence electrons. The van der Waals surface area contributed by atoms with Crippen molar-refractivity contribution in [3.05, 3.63) is 0 Å². The van der Waals surface area contributed by atoms with Gasteiger partial charge in [-0.2, -0.15) is 0 Å². The molecule has 0 amide bonds. The number of hydrogen-bond donors (Lipinski definition) is 1. The topological polar surface area (TPSA) is 37.3 Å². The third-order valence-electron chi connectivity index (χ3n) is 4.67. The highest BCUT2D eigenvalue weighted by molar-refractivity contribution is 5.72. The van der Waals surface area contributed by atoms with Gasteiger partial charge in [0.15, 0.2) is 0 Å². The first-order chi connectivity index (χ1) is 8.02. The minimum Gasteiger partial charge on any atom is -0.481 e. The second-order valence-electron chi connectivity index (χ2n) is 9.47. The summed E-state index contributed by atoms with van der Waals surface area (Å²) in [4.78, 5) is 11.9. The van der Waals surface area contributed by atoms with Gasteiger partial charge in [0.05, 0.1) is 5.92 Å². The second kappa shape index (κ2) is 5.10. The Morgan fingerprint density at radius 3 is 1.47 bits per heavy atom. The molecule has 1 unspecified atom stereocenters. The molecule has 19 heavy (non-hydrogen) atoms. The summed E-state index contributed by atoms with van der Waals surface area (Å²) in [5.41, 5.74) is -0.426. The fourth-order valence-electron chi connectivity index (χ4n) is 3.52. The number of aliphatic carboxylic acids is 1. The lowest BCUT2D eigenvalue weighted by atomic mass is 9.53. The van der Waals surface area contributed by atoms with E-state index in [0.29, 0.717) is 0 Å². The van der Waals surface area contributed by atoms with E-state index in [1.807, 2.05) is 0 Å². The first kappa shape index (κ1) is 18.5. The summed E-state index contributed by atoms with van der Waals surface area (Å²) in [5.74, 6) is -1.03. The second-order valence-corrected chi connectivity index (χ2v) is 9.47. The van der Waals surface area contributed by atoms with Gasteiger partial charge in [-0.3, -0.25) is 4.79 Å². The van der Waals surface area contributed by atoms with E-state index in [9.17, 15) is 9.90 Å². The molecule has 0 aromatic rings. The van der Waals surface area contributed by atoms with Crippen LogP contribution in [0.15, 0.2) is 0 Å². The van der Waals surface area contributed by atoms with Gasteiger partial charge in [0, 0.05) is 0 Å². The molecule has 1 atom stereocenters. The van der Waals surface area contributed by atoms with E-state index in [-0.39, 0.29) is 27.6 Å². The highest BCUT2D eigenvalue weighted by atomic mass is 16.4. The normalized spacial score (nSPS) is 16.3. The molecule has 0 bridgehead atoms. The maximum Gasteiger partial charge on any atom is 0.307 e. The third kappa shape index (κ3) is 4.50. The van der Waals surface area contributed by atoms with E-state index in [1.165, 1.54) is 0 Å². The maximum absolute atomic E-state index is 11.9. The Kier molecular flexibility index (Phi) is 4.96. The summed E-state index contributed by atoms with van der Waals surface area (Å²) < 4.78 is 0. The Hall–Kier alpha value is -0.530.